The summed E-state index contributed by atoms with van der Waals surface area (Å²) in [6, 6.07) is 0. The molecular weight excluding hydrogens is 208 g/mol. The Morgan fingerprint density at radius 2 is 2.08 bits per heavy atom. The molecule has 1 atom stereocenters. The lowest BCUT2D eigenvalue weighted by atomic mass is 10.5. The highest BCUT2D eigenvalue weighted by atomic mass is 32.3. The Morgan fingerprint density at radius 3 is 2.42 bits per heavy atom. The van der Waals surface area contributed by atoms with E-state index in [-0.39, 0.29) is 0 Å². The number of carbonyl (C=O) groups is 1. The third kappa shape index (κ3) is 5.35. The first kappa shape index (κ1) is 11.7. The first-order chi connectivity index (χ1) is 5.37. The summed E-state index contributed by atoms with van der Waals surface area (Å²) >= 11 is 0.304. The molecule has 8 heteroatoms. The molecule has 6 nitrogen and oxygen atoms in total. The Hall–Kier alpha value is -0.310. The van der Waals surface area contributed by atoms with Crippen molar-refractivity contribution in [3.63, 3.8) is 0 Å². The van der Waals surface area contributed by atoms with Gasteiger partial charge in [-0.05, 0) is 6.92 Å². The molecule has 72 valence electrons. The van der Waals surface area contributed by atoms with E-state index in [0.717, 1.165) is 7.11 Å². The first-order valence-electron chi connectivity index (χ1n) is 2.77. The van der Waals surface area contributed by atoms with E-state index < -0.39 is 21.6 Å². The van der Waals surface area contributed by atoms with E-state index >= 15 is 0 Å². The summed E-state index contributed by atoms with van der Waals surface area (Å²) in [5.74, 6) is -0.636. The fourth-order valence-corrected chi connectivity index (χ4v) is 1.36. The predicted octanol–water partition coefficient (Wildman–Crippen LogP) is 0.0155. The fraction of sp³-hybridized carbons (Fsp3) is 0.750. The second kappa shape index (κ2) is 4.65. The van der Waals surface area contributed by atoms with Crippen LogP contribution in [-0.2, 0) is 23.6 Å². The Kier molecular flexibility index (Phi) is 4.53. The van der Waals surface area contributed by atoms with Gasteiger partial charge in [-0.2, -0.15) is 12.0 Å². The zero-order chi connectivity index (χ0) is 9.78. The van der Waals surface area contributed by atoms with Gasteiger partial charge in [0, 0.05) is 12.0 Å². The van der Waals surface area contributed by atoms with Gasteiger partial charge in [0.1, 0.15) is 5.25 Å². The second-order valence-corrected chi connectivity index (χ2v) is 4.06. The summed E-state index contributed by atoms with van der Waals surface area (Å²) in [5, 5.41) is -0.808. The van der Waals surface area contributed by atoms with Gasteiger partial charge in [-0.15, -0.1) is 0 Å². The number of rotatable bonds is 4. The van der Waals surface area contributed by atoms with E-state index in [9.17, 15) is 13.2 Å². The van der Waals surface area contributed by atoms with Gasteiger partial charge in [0.25, 0.3) is 0 Å². The highest BCUT2D eigenvalue weighted by Gasteiger charge is 2.18. The van der Waals surface area contributed by atoms with Crippen LogP contribution in [0.2, 0.25) is 0 Å². The van der Waals surface area contributed by atoms with Gasteiger partial charge in [-0.25, -0.2) is 0 Å². The van der Waals surface area contributed by atoms with Crippen molar-refractivity contribution in [2.75, 3.05) is 7.11 Å². The average Bonchev–Trinajstić information content (AvgIpc) is 1.97. The van der Waals surface area contributed by atoms with Crippen LogP contribution in [-0.4, -0.2) is 31.3 Å². The topological polar surface area (TPSA) is 89.9 Å². The van der Waals surface area contributed by atoms with E-state index in [2.05, 4.69) is 8.37 Å². The van der Waals surface area contributed by atoms with Crippen molar-refractivity contribution in [2.24, 2.45) is 0 Å². The van der Waals surface area contributed by atoms with Crippen LogP contribution < -0.4 is 0 Å². The summed E-state index contributed by atoms with van der Waals surface area (Å²) in [6.07, 6.45) is 0. The van der Waals surface area contributed by atoms with Crippen LogP contribution in [0.15, 0.2) is 0 Å². The maximum Gasteiger partial charge on any atom is 0.408 e. The number of hydrogen-bond donors (Lipinski definition) is 1. The number of methoxy groups -OCH3 is 1. The molecule has 0 aliphatic carbocycles. The van der Waals surface area contributed by atoms with Crippen LogP contribution >= 0.6 is 12.0 Å². The first-order valence-corrected chi connectivity index (χ1v) is 4.94. The van der Waals surface area contributed by atoms with Gasteiger partial charge in [0.15, 0.2) is 0 Å². The molecule has 0 spiro atoms. The zero-order valence-corrected chi connectivity index (χ0v) is 8.02. The maximum atomic E-state index is 10.6. The molecule has 1 unspecified atom stereocenters. The summed E-state index contributed by atoms with van der Waals surface area (Å²) in [4.78, 5) is 10.6. The van der Waals surface area contributed by atoms with Gasteiger partial charge in [0.2, 0.25) is 0 Å². The van der Waals surface area contributed by atoms with Crippen molar-refractivity contribution in [1.82, 2.24) is 0 Å². The lowest BCUT2D eigenvalue weighted by Crippen LogP contribution is -2.16. The molecule has 0 aromatic heterocycles. The smallest absolute Gasteiger partial charge is 0.408 e. The van der Waals surface area contributed by atoms with Crippen molar-refractivity contribution in [1.29, 1.82) is 0 Å². The molecule has 0 radical (unpaired) electrons. The average molecular weight is 216 g/mol. The minimum absolute atomic E-state index is 0.304. The number of carbonyl (C=O) groups excluding carboxylic acids is 1. The van der Waals surface area contributed by atoms with Gasteiger partial charge >= 0.3 is 16.4 Å². The molecule has 0 saturated heterocycles. The van der Waals surface area contributed by atoms with Crippen LogP contribution in [0.4, 0.5) is 0 Å². The molecule has 0 aliphatic heterocycles. The van der Waals surface area contributed by atoms with Crippen molar-refractivity contribution in [2.45, 2.75) is 12.2 Å². The minimum Gasteiger partial charge on any atom is -0.468 e. The molecule has 0 heterocycles. The SMILES string of the molecule is COC(=O)C(C)SOS(=O)(=O)O. The van der Waals surface area contributed by atoms with Crippen molar-refractivity contribution >= 4 is 28.4 Å². The monoisotopic (exact) mass is 216 g/mol. The normalized spacial score (nSPS) is 13.9. The van der Waals surface area contributed by atoms with Crippen LogP contribution in [0.5, 0.6) is 0 Å². The van der Waals surface area contributed by atoms with E-state index in [4.69, 9.17) is 4.55 Å². The number of hydrogen-bond acceptors (Lipinski definition) is 6. The third-order valence-electron chi connectivity index (χ3n) is 0.803. The van der Waals surface area contributed by atoms with Crippen molar-refractivity contribution in [3.8, 4) is 0 Å². The summed E-state index contributed by atoms with van der Waals surface area (Å²) in [7, 11) is -3.35. The maximum absolute atomic E-state index is 10.6. The zero-order valence-electron chi connectivity index (χ0n) is 6.38. The fourth-order valence-electron chi connectivity index (χ4n) is 0.314. The number of esters is 1. The molecular formula is C4H8O6S2. The van der Waals surface area contributed by atoms with E-state index in [1.165, 1.54) is 6.92 Å². The predicted molar refractivity (Wildman–Crippen MR) is 41.7 cm³/mol. The van der Waals surface area contributed by atoms with Crippen LogP contribution in [0.1, 0.15) is 6.92 Å². The van der Waals surface area contributed by atoms with E-state index in [1.807, 2.05) is 0 Å². The van der Waals surface area contributed by atoms with Crippen LogP contribution in [0.25, 0.3) is 0 Å². The van der Waals surface area contributed by atoms with Gasteiger partial charge in [-0.3, -0.25) is 9.35 Å². The highest BCUT2D eigenvalue weighted by Crippen LogP contribution is 2.15. The lowest BCUT2D eigenvalue weighted by molar-refractivity contribution is -0.139. The van der Waals surface area contributed by atoms with Crippen LogP contribution in [0.3, 0.4) is 0 Å². The van der Waals surface area contributed by atoms with E-state index in [1.54, 1.807) is 0 Å². The number of ether oxygens (including phenoxy) is 1. The summed E-state index contributed by atoms with van der Waals surface area (Å²) in [5.41, 5.74) is 0. The van der Waals surface area contributed by atoms with E-state index in [0.29, 0.717) is 12.0 Å². The minimum atomic E-state index is -4.51. The standard InChI is InChI=1S/C4H8O6S2/c1-3(4(5)9-2)11-10-12(6,7)8/h3H,1-2H3,(H,6,7,8). The molecule has 0 aromatic rings. The second-order valence-electron chi connectivity index (χ2n) is 1.76. The molecule has 0 aromatic carbocycles. The molecule has 0 amide bonds. The largest absolute Gasteiger partial charge is 0.468 e. The van der Waals surface area contributed by atoms with Crippen molar-refractivity contribution < 1.29 is 26.1 Å². The Labute approximate surface area is 74.4 Å². The molecule has 1 N–H and O–H groups in total. The molecule has 0 aliphatic rings. The molecule has 0 saturated carbocycles. The van der Waals surface area contributed by atoms with Gasteiger partial charge < -0.3 is 4.74 Å². The highest BCUT2D eigenvalue weighted by molar-refractivity contribution is 8.03. The molecule has 0 rings (SSSR count). The lowest BCUT2D eigenvalue weighted by Gasteiger charge is -2.05. The van der Waals surface area contributed by atoms with Crippen molar-refractivity contribution in [3.05, 3.63) is 0 Å². The van der Waals surface area contributed by atoms with Gasteiger partial charge in [0.05, 0.1) is 7.11 Å². The van der Waals surface area contributed by atoms with Gasteiger partial charge in [-0.1, -0.05) is 0 Å². The quantitative estimate of drug-likeness (QED) is 0.402. The molecule has 12 heavy (non-hydrogen) atoms. The summed E-state index contributed by atoms with van der Waals surface area (Å²) in [6.45, 7) is 1.38. The Morgan fingerprint density at radius 1 is 1.58 bits per heavy atom. The Bertz CT molecular complexity index is 244. The Balaban J connectivity index is 3.88. The van der Waals surface area contributed by atoms with Crippen LogP contribution in [0, 0.1) is 0 Å². The molecule has 0 bridgehead atoms. The third-order valence-corrected chi connectivity index (χ3v) is 2.29. The summed E-state index contributed by atoms with van der Waals surface area (Å²) < 4.78 is 36.2. The molecule has 0 fully saturated rings.